The van der Waals surface area contributed by atoms with E-state index in [1.54, 1.807) is 54.6 Å². The molecule has 13 heteroatoms. The number of amides is 3. The SMILES string of the molecule is NC(Cc1ccccc1)C(=O)NC(Cc1ccccc1)C(=O)NC(CCC(=O)O)C(=O)NC(CC(=O)O)C(=O)O. The summed E-state index contributed by atoms with van der Waals surface area (Å²) in [5.74, 6) is -6.97. The summed E-state index contributed by atoms with van der Waals surface area (Å²) in [5, 5.41) is 34.2. The summed E-state index contributed by atoms with van der Waals surface area (Å²) in [6.45, 7) is 0. The fourth-order valence-corrected chi connectivity index (χ4v) is 3.75. The van der Waals surface area contributed by atoms with E-state index in [2.05, 4.69) is 10.6 Å². The van der Waals surface area contributed by atoms with Gasteiger partial charge in [-0.1, -0.05) is 60.7 Å². The molecule has 0 radical (unpaired) electrons. The molecule has 8 N–H and O–H groups in total. The van der Waals surface area contributed by atoms with Crippen molar-refractivity contribution in [3.05, 3.63) is 71.8 Å². The molecule has 13 nitrogen and oxygen atoms in total. The smallest absolute Gasteiger partial charge is 0.326 e. The number of nitrogens with one attached hydrogen (secondary N) is 3. The van der Waals surface area contributed by atoms with Crippen molar-refractivity contribution in [1.82, 2.24) is 16.0 Å². The van der Waals surface area contributed by atoms with Gasteiger partial charge < -0.3 is 37.0 Å². The van der Waals surface area contributed by atoms with Gasteiger partial charge in [0.25, 0.3) is 0 Å². The molecule has 0 aliphatic rings. The zero-order chi connectivity index (χ0) is 29.7. The molecule has 0 saturated heterocycles. The predicted molar refractivity (Wildman–Crippen MR) is 141 cm³/mol. The molecule has 0 heterocycles. The lowest BCUT2D eigenvalue weighted by atomic mass is 10.0. The summed E-state index contributed by atoms with van der Waals surface area (Å²) in [4.78, 5) is 72.6. The van der Waals surface area contributed by atoms with E-state index < -0.39 is 79.1 Å². The Morgan fingerprint density at radius 1 is 0.625 bits per heavy atom. The lowest BCUT2D eigenvalue weighted by Gasteiger charge is -2.25. The van der Waals surface area contributed by atoms with Crippen LogP contribution in [0, 0.1) is 0 Å². The van der Waals surface area contributed by atoms with E-state index in [9.17, 15) is 33.9 Å². The molecule has 4 unspecified atom stereocenters. The van der Waals surface area contributed by atoms with Gasteiger partial charge in [0.1, 0.15) is 18.1 Å². The molecule has 0 bridgehead atoms. The lowest BCUT2D eigenvalue weighted by Crippen LogP contribution is -2.58. The number of benzene rings is 2. The van der Waals surface area contributed by atoms with E-state index in [0.29, 0.717) is 5.56 Å². The average molecular weight is 557 g/mol. The summed E-state index contributed by atoms with van der Waals surface area (Å²) < 4.78 is 0. The number of hydrogen-bond donors (Lipinski definition) is 7. The fourth-order valence-electron chi connectivity index (χ4n) is 3.75. The number of carbonyl (C=O) groups excluding carboxylic acids is 3. The molecule has 0 aliphatic heterocycles. The van der Waals surface area contributed by atoms with Crippen LogP contribution in [0.1, 0.15) is 30.4 Å². The van der Waals surface area contributed by atoms with E-state index in [1.807, 2.05) is 11.4 Å². The Balaban J connectivity index is 2.23. The summed E-state index contributed by atoms with van der Waals surface area (Å²) in [5.41, 5.74) is 7.53. The van der Waals surface area contributed by atoms with Crippen LogP contribution in [-0.4, -0.2) is 75.1 Å². The van der Waals surface area contributed by atoms with Gasteiger partial charge in [0, 0.05) is 12.8 Å². The van der Waals surface area contributed by atoms with Gasteiger partial charge in [0.05, 0.1) is 12.5 Å². The van der Waals surface area contributed by atoms with Crippen molar-refractivity contribution in [2.45, 2.75) is 56.3 Å². The minimum absolute atomic E-state index is 0.000501. The highest BCUT2D eigenvalue weighted by molar-refractivity contribution is 5.95. The summed E-state index contributed by atoms with van der Waals surface area (Å²) in [7, 11) is 0. The molecule has 3 amide bonds. The van der Waals surface area contributed by atoms with Crippen LogP contribution in [0.2, 0.25) is 0 Å². The van der Waals surface area contributed by atoms with Crippen molar-refractivity contribution >= 4 is 35.6 Å². The van der Waals surface area contributed by atoms with Crippen molar-refractivity contribution in [1.29, 1.82) is 0 Å². The van der Waals surface area contributed by atoms with Crippen LogP contribution in [0.4, 0.5) is 0 Å². The molecule has 2 rings (SSSR count). The normalized spacial score (nSPS) is 13.6. The van der Waals surface area contributed by atoms with Gasteiger partial charge in [-0.15, -0.1) is 0 Å². The van der Waals surface area contributed by atoms with E-state index in [-0.39, 0.29) is 12.8 Å². The number of carboxylic acids is 3. The van der Waals surface area contributed by atoms with Crippen molar-refractivity contribution in [2.75, 3.05) is 0 Å². The summed E-state index contributed by atoms with van der Waals surface area (Å²) >= 11 is 0. The molecule has 0 fully saturated rings. The van der Waals surface area contributed by atoms with Crippen LogP contribution in [0.25, 0.3) is 0 Å². The largest absolute Gasteiger partial charge is 0.481 e. The number of nitrogens with two attached hydrogens (primary N) is 1. The average Bonchev–Trinajstić information content (AvgIpc) is 2.90. The maximum atomic E-state index is 13.3. The van der Waals surface area contributed by atoms with Crippen LogP contribution in [0.5, 0.6) is 0 Å². The van der Waals surface area contributed by atoms with Crippen molar-refractivity contribution < 1.29 is 44.1 Å². The Morgan fingerprint density at radius 3 is 1.60 bits per heavy atom. The van der Waals surface area contributed by atoms with Gasteiger partial charge in [-0.3, -0.25) is 24.0 Å². The lowest BCUT2D eigenvalue weighted by molar-refractivity contribution is -0.147. The van der Waals surface area contributed by atoms with Gasteiger partial charge in [0.15, 0.2) is 0 Å². The number of carboxylic acid groups (broad SMARTS) is 3. The van der Waals surface area contributed by atoms with Gasteiger partial charge in [0.2, 0.25) is 17.7 Å². The molecule has 0 spiro atoms. The quantitative estimate of drug-likeness (QED) is 0.143. The van der Waals surface area contributed by atoms with E-state index >= 15 is 0 Å². The van der Waals surface area contributed by atoms with Crippen LogP contribution >= 0.6 is 0 Å². The Bertz CT molecular complexity index is 1190. The summed E-state index contributed by atoms with van der Waals surface area (Å²) in [6, 6.07) is 12.0. The molecule has 40 heavy (non-hydrogen) atoms. The number of rotatable bonds is 16. The Kier molecular flexibility index (Phi) is 12.3. The molecular weight excluding hydrogens is 524 g/mol. The molecular formula is C27H32N4O9. The van der Waals surface area contributed by atoms with Gasteiger partial charge in [-0.2, -0.15) is 0 Å². The standard InChI is InChI=1S/C27H32N4O9/c28-18(13-16-7-3-1-4-8-16)24(36)30-20(14-17-9-5-2-6-10-17)26(38)29-19(11-12-22(32)33)25(37)31-21(27(39)40)15-23(34)35/h1-10,18-21H,11-15,28H2,(H,29,38)(H,30,36)(H,31,37)(H,32,33)(H,34,35)(H,39,40). The zero-order valence-corrected chi connectivity index (χ0v) is 21.5. The van der Waals surface area contributed by atoms with E-state index in [0.717, 1.165) is 5.56 Å². The zero-order valence-electron chi connectivity index (χ0n) is 21.5. The monoisotopic (exact) mass is 556 g/mol. The number of hydrogen-bond acceptors (Lipinski definition) is 7. The molecule has 214 valence electrons. The Hall–Kier alpha value is -4.78. The first-order valence-electron chi connectivity index (χ1n) is 12.4. The highest BCUT2D eigenvalue weighted by Gasteiger charge is 2.31. The second-order valence-electron chi connectivity index (χ2n) is 9.04. The van der Waals surface area contributed by atoms with Crippen molar-refractivity contribution in [3.8, 4) is 0 Å². The van der Waals surface area contributed by atoms with Crippen LogP contribution in [0.15, 0.2) is 60.7 Å². The second-order valence-corrected chi connectivity index (χ2v) is 9.04. The fraction of sp³-hybridized carbons (Fsp3) is 0.333. The topological polar surface area (TPSA) is 225 Å². The van der Waals surface area contributed by atoms with Crippen LogP contribution < -0.4 is 21.7 Å². The first-order valence-corrected chi connectivity index (χ1v) is 12.4. The minimum atomic E-state index is -1.81. The third-order valence-corrected chi connectivity index (χ3v) is 5.82. The molecule has 0 saturated carbocycles. The summed E-state index contributed by atoms with van der Waals surface area (Å²) in [6.07, 6.45) is -1.73. The molecule has 2 aromatic rings. The minimum Gasteiger partial charge on any atom is -0.481 e. The predicted octanol–water partition coefficient (Wildman–Crippen LogP) is -0.322. The first kappa shape index (κ1) is 31.4. The van der Waals surface area contributed by atoms with Crippen LogP contribution in [-0.2, 0) is 41.6 Å². The second kappa shape index (κ2) is 15.6. The number of carbonyl (C=O) groups is 6. The van der Waals surface area contributed by atoms with Crippen molar-refractivity contribution in [3.63, 3.8) is 0 Å². The third kappa shape index (κ3) is 10.9. The maximum absolute atomic E-state index is 13.3. The van der Waals surface area contributed by atoms with Gasteiger partial charge >= 0.3 is 17.9 Å². The molecule has 0 aromatic heterocycles. The molecule has 4 atom stereocenters. The highest BCUT2D eigenvalue weighted by Crippen LogP contribution is 2.08. The van der Waals surface area contributed by atoms with E-state index in [1.165, 1.54) is 0 Å². The van der Waals surface area contributed by atoms with E-state index in [4.69, 9.17) is 15.9 Å². The van der Waals surface area contributed by atoms with Crippen molar-refractivity contribution in [2.24, 2.45) is 5.73 Å². The van der Waals surface area contributed by atoms with Gasteiger partial charge in [-0.05, 0) is 24.0 Å². The first-order chi connectivity index (χ1) is 19.0. The maximum Gasteiger partial charge on any atom is 0.326 e. The van der Waals surface area contributed by atoms with Gasteiger partial charge in [-0.25, -0.2) is 4.79 Å². The molecule has 0 aliphatic carbocycles. The Morgan fingerprint density at radius 2 is 1.10 bits per heavy atom. The highest BCUT2D eigenvalue weighted by atomic mass is 16.4. The van der Waals surface area contributed by atoms with Crippen LogP contribution in [0.3, 0.4) is 0 Å². The third-order valence-electron chi connectivity index (χ3n) is 5.82. The number of aliphatic carboxylic acids is 3. The Labute approximate surface area is 229 Å². The molecule has 2 aromatic carbocycles.